The number of aliphatic carboxylic acids is 1. The van der Waals surface area contributed by atoms with Gasteiger partial charge >= 0.3 is 5.97 Å². The molecular formula is C17H31N5O7. The number of amides is 3. The van der Waals surface area contributed by atoms with Crippen molar-refractivity contribution in [1.82, 2.24) is 15.5 Å². The first-order chi connectivity index (χ1) is 13.8. The zero-order valence-electron chi connectivity index (χ0n) is 16.2. The summed E-state index contributed by atoms with van der Waals surface area (Å²) in [6, 6.07) is -4.58. The van der Waals surface area contributed by atoms with Crippen LogP contribution in [0.4, 0.5) is 0 Å². The molecule has 0 spiro atoms. The van der Waals surface area contributed by atoms with E-state index in [0.29, 0.717) is 32.2 Å². The van der Waals surface area contributed by atoms with Crippen LogP contribution < -0.4 is 22.1 Å². The number of aliphatic hydroxyl groups is 2. The smallest absolute Gasteiger partial charge is 0.326 e. The van der Waals surface area contributed by atoms with Gasteiger partial charge in [-0.3, -0.25) is 14.4 Å². The lowest BCUT2D eigenvalue weighted by Gasteiger charge is -2.27. The fourth-order valence-electron chi connectivity index (χ4n) is 3.08. The molecule has 1 aliphatic heterocycles. The summed E-state index contributed by atoms with van der Waals surface area (Å²) in [6.45, 7) is -0.634. The SMILES string of the molecule is NCCCCC(NC(=O)C(CO)NC(=O)C1CCCN1C(=O)C(N)CO)C(=O)O. The Labute approximate surface area is 168 Å². The molecule has 1 rings (SSSR count). The Kier molecular flexibility index (Phi) is 10.5. The van der Waals surface area contributed by atoms with Crippen molar-refractivity contribution in [3.05, 3.63) is 0 Å². The molecule has 12 nitrogen and oxygen atoms in total. The van der Waals surface area contributed by atoms with Gasteiger partial charge in [-0.1, -0.05) is 0 Å². The van der Waals surface area contributed by atoms with E-state index in [2.05, 4.69) is 10.6 Å². The van der Waals surface area contributed by atoms with Crippen LogP contribution >= 0.6 is 0 Å². The Bertz CT molecular complexity index is 589. The third kappa shape index (κ3) is 7.24. The van der Waals surface area contributed by atoms with Crippen LogP contribution in [0.3, 0.4) is 0 Å². The Balaban J connectivity index is 2.72. The lowest BCUT2D eigenvalue weighted by atomic mass is 10.1. The van der Waals surface area contributed by atoms with Crippen LogP contribution in [-0.2, 0) is 19.2 Å². The number of aliphatic hydroxyl groups excluding tert-OH is 2. The van der Waals surface area contributed by atoms with E-state index in [0.717, 1.165) is 0 Å². The average molecular weight is 417 g/mol. The lowest BCUT2D eigenvalue weighted by Crippen LogP contribution is -2.57. The molecule has 12 heteroatoms. The van der Waals surface area contributed by atoms with Gasteiger partial charge in [-0.05, 0) is 38.6 Å². The third-order valence-corrected chi connectivity index (χ3v) is 4.73. The van der Waals surface area contributed by atoms with E-state index in [1.54, 1.807) is 0 Å². The quantitative estimate of drug-likeness (QED) is 0.157. The predicted molar refractivity (Wildman–Crippen MR) is 101 cm³/mol. The summed E-state index contributed by atoms with van der Waals surface area (Å²) in [6.07, 6.45) is 2.14. The van der Waals surface area contributed by atoms with Crippen LogP contribution in [0, 0.1) is 0 Å². The molecule has 0 radical (unpaired) electrons. The molecule has 1 aliphatic rings. The number of hydrogen-bond acceptors (Lipinski definition) is 8. The molecule has 9 N–H and O–H groups in total. The summed E-state index contributed by atoms with van der Waals surface area (Å²) in [5.41, 5.74) is 10.9. The van der Waals surface area contributed by atoms with Crippen LogP contribution in [0.25, 0.3) is 0 Å². The number of unbranched alkanes of at least 4 members (excludes halogenated alkanes) is 1. The third-order valence-electron chi connectivity index (χ3n) is 4.73. The van der Waals surface area contributed by atoms with Crippen molar-refractivity contribution in [2.24, 2.45) is 11.5 Å². The molecule has 1 heterocycles. The highest BCUT2D eigenvalue weighted by molar-refractivity contribution is 5.94. The molecule has 0 saturated carbocycles. The Morgan fingerprint density at radius 2 is 1.76 bits per heavy atom. The number of nitrogens with zero attached hydrogens (tertiary/aromatic N) is 1. The number of carbonyl (C=O) groups is 4. The molecule has 3 amide bonds. The van der Waals surface area contributed by atoms with Gasteiger partial charge in [0.2, 0.25) is 17.7 Å². The largest absolute Gasteiger partial charge is 0.480 e. The number of carboxylic acids is 1. The van der Waals surface area contributed by atoms with Gasteiger partial charge in [-0.25, -0.2) is 4.79 Å². The second kappa shape index (κ2) is 12.3. The number of nitrogens with one attached hydrogen (secondary N) is 2. The van der Waals surface area contributed by atoms with Gasteiger partial charge in [0.15, 0.2) is 0 Å². The maximum atomic E-state index is 12.5. The fourth-order valence-corrected chi connectivity index (χ4v) is 3.08. The number of carboxylic acid groups (broad SMARTS) is 1. The molecule has 4 atom stereocenters. The number of likely N-dealkylation sites (tertiary alicyclic amines) is 1. The molecule has 166 valence electrons. The van der Waals surface area contributed by atoms with E-state index >= 15 is 0 Å². The molecule has 0 aromatic heterocycles. The van der Waals surface area contributed by atoms with Gasteiger partial charge in [-0.2, -0.15) is 0 Å². The minimum Gasteiger partial charge on any atom is -0.480 e. The topological polar surface area (TPSA) is 208 Å². The predicted octanol–water partition coefficient (Wildman–Crippen LogP) is -3.53. The highest BCUT2D eigenvalue weighted by atomic mass is 16.4. The van der Waals surface area contributed by atoms with Gasteiger partial charge in [0.25, 0.3) is 0 Å². The summed E-state index contributed by atoms with van der Waals surface area (Å²) >= 11 is 0. The van der Waals surface area contributed by atoms with Crippen molar-refractivity contribution in [3.8, 4) is 0 Å². The van der Waals surface area contributed by atoms with Crippen molar-refractivity contribution in [1.29, 1.82) is 0 Å². The van der Waals surface area contributed by atoms with Crippen LogP contribution in [0.1, 0.15) is 32.1 Å². The lowest BCUT2D eigenvalue weighted by molar-refractivity contribution is -0.143. The standard InChI is InChI=1S/C17H31N5O7/c18-6-2-1-4-11(17(28)29)20-14(25)12(9-24)21-15(26)13-5-3-7-22(13)16(27)10(19)8-23/h10-13,23-24H,1-9,18-19H2,(H,20,25)(H,21,26)(H,28,29). The van der Waals surface area contributed by atoms with Gasteiger partial charge in [0, 0.05) is 6.54 Å². The van der Waals surface area contributed by atoms with Crippen molar-refractivity contribution in [3.63, 3.8) is 0 Å². The summed E-state index contributed by atoms with van der Waals surface area (Å²) < 4.78 is 0. The summed E-state index contributed by atoms with van der Waals surface area (Å²) in [5, 5.41) is 32.4. The first-order valence-corrected chi connectivity index (χ1v) is 9.58. The molecular weight excluding hydrogens is 386 g/mol. The minimum atomic E-state index is -1.37. The van der Waals surface area contributed by atoms with Crippen molar-refractivity contribution in [2.75, 3.05) is 26.3 Å². The second-order valence-corrected chi connectivity index (χ2v) is 6.91. The number of nitrogens with two attached hydrogens (primary N) is 2. The van der Waals surface area contributed by atoms with Crippen molar-refractivity contribution >= 4 is 23.7 Å². The van der Waals surface area contributed by atoms with Crippen LogP contribution in [0.2, 0.25) is 0 Å². The molecule has 1 saturated heterocycles. The summed E-state index contributed by atoms with van der Waals surface area (Å²) in [5.74, 6) is -3.32. The second-order valence-electron chi connectivity index (χ2n) is 6.91. The maximum Gasteiger partial charge on any atom is 0.326 e. The van der Waals surface area contributed by atoms with E-state index in [9.17, 15) is 29.4 Å². The minimum absolute atomic E-state index is 0.161. The average Bonchev–Trinajstić information content (AvgIpc) is 3.19. The van der Waals surface area contributed by atoms with E-state index < -0.39 is 61.1 Å². The van der Waals surface area contributed by atoms with E-state index in [4.69, 9.17) is 16.6 Å². The van der Waals surface area contributed by atoms with Crippen LogP contribution in [0.5, 0.6) is 0 Å². The molecule has 0 bridgehead atoms. The first kappa shape index (κ1) is 24.8. The molecule has 0 aromatic rings. The van der Waals surface area contributed by atoms with Gasteiger partial charge in [-0.15, -0.1) is 0 Å². The molecule has 29 heavy (non-hydrogen) atoms. The summed E-state index contributed by atoms with van der Waals surface area (Å²) in [7, 11) is 0. The maximum absolute atomic E-state index is 12.5. The van der Waals surface area contributed by atoms with E-state index in [1.165, 1.54) is 4.90 Å². The molecule has 1 fully saturated rings. The summed E-state index contributed by atoms with van der Waals surface area (Å²) in [4.78, 5) is 49.6. The fraction of sp³-hybridized carbons (Fsp3) is 0.765. The van der Waals surface area contributed by atoms with Crippen molar-refractivity contribution < 1.29 is 34.5 Å². The Hall–Kier alpha value is -2.28. The molecule has 0 aliphatic carbocycles. The molecule has 0 aromatic carbocycles. The van der Waals surface area contributed by atoms with Gasteiger partial charge in [0.1, 0.15) is 24.2 Å². The number of carbonyl (C=O) groups excluding carboxylic acids is 3. The normalized spacial score (nSPS) is 19.3. The van der Waals surface area contributed by atoms with E-state index in [1.807, 2.05) is 0 Å². The monoisotopic (exact) mass is 417 g/mol. The van der Waals surface area contributed by atoms with Crippen LogP contribution in [0.15, 0.2) is 0 Å². The number of hydrogen-bond donors (Lipinski definition) is 7. The van der Waals surface area contributed by atoms with Crippen molar-refractivity contribution in [2.45, 2.75) is 56.3 Å². The Morgan fingerprint density at radius 1 is 1.07 bits per heavy atom. The Morgan fingerprint density at radius 3 is 2.31 bits per heavy atom. The zero-order chi connectivity index (χ0) is 22.0. The van der Waals surface area contributed by atoms with Gasteiger partial charge in [0.05, 0.1) is 13.2 Å². The van der Waals surface area contributed by atoms with Gasteiger partial charge < -0.3 is 42.3 Å². The first-order valence-electron chi connectivity index (χ1n) is 9.58. The zero-order valence-corrected chi connectivity index (χ0v) is 16.2. The van der Waals surface area contributed by atoms with E-state index in [-0.39, 0.29) is 13.0 Å². The highest BCUT2D eigenvalue weighted by Gasteiger charge is 2.37. The molecule has 4 unspecified atom stereocenters. The van der Waals surface area contributed by atoms with Crippen LogP contribution in [-0.4, -0.2) is 94.4 Å². The number of rotatable bonds is 12. The highest BCUT2D eigenvalue weighted by Crippen LogP contribution is 2.18.